The van der Waals surface area contributed by atoms with Crippen LogP contribution in [0.5, 0.6) is 0 Å². The number of oxazole rings is 1. The zero-order valence-electron chi connectivity index (χ0n) is 11.9. The summed E-state index contributed by atoms with van der Waals surface area (Å²) in [6, 6.07) is 2.64. The first-order chi connectivity index (χ1) is 10.3. The summed E-state index contributed by atoms with van der Waals surface area (Å²) >= 11 is 0. The van der Waals surface area contributed by atoms with Crippen LogP contribution in [0.3, 0.4) is 0 Å². The molecule has 2 aliphatic rings. The van der Waals surface area contributed by atoms with Gasteiger partial charge in [0.1, 0.15) is 6.26 Å². The lowest BCUT2D eigenvalue weighted by atomic mass is 10.2. The van der Waals surface area contributed by atoms with E-state index in [2.05, 4.69) is 15.0 Å². The molecule has 1 atom stereocenters. The Balaban J connectivity index is 1.60. The maximum Gasteiger partial charge on any atom is 0.297 e. The van der Waals surface area contributed by atoms with E-state index in [0.717, 1.165) is 49.9 Å². The fraction of sp³-hybridized carbons (Fsp3) is 0.533. The Hall–Kier alpha value is -2.11. The molecule has 0 radical (unpaired) electrons. The van der Waals surface area contributed by atoms with E-state index in [1.54, 1.807) is 23.2 Å². The molecule has 0 aromatic carbocycles. The summed E-state index contributed by atoms with van der Waals surface area (Å²) in [5.41, 5.74) is 2.23. The quantitative estimate of drug-likeness (QED) is 0.853. The maximum atomic E-state index is 12.2. The Morgan fingerprint density at radius 1 is 1.33 bits per heavy atom. The van der Waals surface area contributed by atoms with E-state index in [1.807, 2.05) is 0 Å². The van der Waals surface area contributed by atoms with Gasteiger partial charge in [-0.2, -0.15) is 5.10 Å². The molecule has 6 heteroatoms. The van der Waals surface area contributed by atoms with Crippen molar-refractivity contribution in [3.8, 4) is 0 Å². The molecule has 1 fully saturated rings. The first-order valence-corrected chi connectivity index (χ1v) is 7.57. The van der Waals surface area contributed by atoms with Crippen LogP contribution in [0, 0.1) is 0 Å². The third kappa shape index (κ3) is 2.24. The number of aromatic nitrogens is 3. The number of hydrogen-bond acceptors (Lipinski definition) is 5. The van der Waals surface area contributed by atoms with Gasteiger partial charge in [-0.3, -0.25) is 4.79 Å². The van der Waals surface area contributed by atoms with Gasteiger partial charge in [0, 0.05) is 12.6 Å². The number of hydrogen-bond donors (Lipinski definition) is 0. The Labute approximate surface area is 122 Å². The van der Waals surface area contributed by atoms with Gasteiger partial charge < -0.3 is 9.32 Å². The van der Waals surface area contributed by atoms with Crippen molar-refractivity contribution in [2.24, 2.45) is 0 Å². The number of anilines is 1. The average Bonchev–Trinajstić information content (AvgIpc) is 3.18. The molecule has 2 aromatic heterocycles. The van der Waals surface area contributed by atoms with E-state index in [4.69, 9.17) is 4.42 Å². The first kappa shape index (κ1) is 12.6. The molecule has 0 N–H and O–H groups in total. The molecule has 1 unspecified atom stereocenters. The fourth-order valence-electron chi connectivity index (χ4n) is 3.40. The third-order valence-electron chi connectivity index (χ3n) is 4.45. The molecule has 3 heterocycles. The summed E-state index contributed by atoms with van der Waals surface area (Å²) < 4.78 is 7.02. The lowest BCUT2D eigenvalue weighted by Crippen LogP contribution is -2.37. The molecular formula is C15H18N4O2. The average molecular weight is 286 g/mol. The SMILES string of the molecule is O=c1cc2c(nn1CC1CCCN1c1ncco1)CCC2. The van der Waals surface area contributed by atoms with Crippen LogP contribution in [0.25, 0.3) is 0 Å². The summed E-state index contributed by atoms with van der Waals surface area (Å²) in [5, 5.41) is 4.56. The van der Waals surface area contributed by atoms with E-state index in [9.17, 15) is 4.79 Å². The predicted octanol–water partition coefficient (Wildman–Crippen LogP) is 1.39. The van der Waals surface area contributed by atoms with Gasteiger partial charge in [-0.1, -0.05) is 0 Å². The number of aryl methyl sites for hydroxylation is 2. The fourth-order valence-corrected chi connectivity index (χ4v) is 3.40. The summed E-state index contributed by atoms with van der Waals surface area (Å²) in [7, 11) is 0. The van der Waals surface area contributed by atoms with Crippen molar-refractivity contribution in [1.82, 2.24) is 14.8 Å². The highest BCUT2D eigenvalue weighted by Gasteiger charge is 2.28. The molecular weight excluding hydrogens is 268 g/mol. The standard InChI is InChI=1S/C15H18N4O2/c20-14-9-11-3-1-5-13(11)17-19(14)10-12-4-2-7-18(12)15-16-6-8-21-15/h6,8-9,12H,1-5,7,10H2. The molecule has 6 nitrogen and oxygen atoms in total. The minimum Gasteiger partial charge on any atom is -0.432 e. The van der Waals surface area contributed by atoms with Gasteiger partial charge in [0.25, 0.3) is 11.6 Å². The third-order valence-corrected chi connectivity index (χ3v) is 4.45. The molecule has 110 valence electrons. The molecule has 1 saturated heterocycles. The Bertz CT molecular complexity index is 692. The number of rotatable bonds is 3. The summed E-state index contributed by atoms with van der Waals surface area (Å²) in [5.74, 6) is 0. The minimum atomic E-state index is 0.00917. The Morgan fingerprint density at radius 3 is 3.14 bits per heavy atom. The highest BCUT2D eigenvalue weighted by Crippen LogP contribution is 2.25. The van der Waals surface area contributed by atoms with Crippen LogP contribution in [0.1, 0.15) is 30.5 Å². The highest BCUT2D eigenvalue weighted by molar-refractivity contribution is 5.29. The molecule has 0 saturated carbocycles. The van der Waals surface area contributed by atoms with Gasteiger partial charge >= 0.3 is 0 Å². The van der Waals surface area contributed by atoms with Gasteiger partial charge in [-0.15, -0.1) is 0 Å². The van der Waals surface area contributed by atoms with Crippen LogP contribution in [0.2, 0.25) is 0 Å². The van der Waals surface area contributed by atoms with Crippen molar-refractivity contribution in [3.05, 3.63) is 40.1 Å². The van der Waals surface area contributed by atoms with Gasteiger partial charge in [0.05, 0.1) is 24.5 Å². The zero-order valence-corrected chi connectivity index (χ0v) is 11.9. The summed E-state index contributed by atoms with van der Waals surface area (Å²) in [6.07, 6.45) is 8.46. The van der Waals surface area contributed by atoms with Gasteiger partial charge in [-0.05, 0) is 37.7 Å². The monoisotopic (exact) mass is 286 g/mol. The molecule has 0 bridgehead atoms. The van der Waals surface area contributed by atoms with Crippen LogP contribution in [-0.4, -0.2) is 27.4 Å². The molecule has 21 heavy (non-hydrogen) atoms. The second-order valence-electron chi connectivity index (χ2n) is 5.79. The molecule has 1 aliphatic carbocycles. The molecule has 0 amide bonds. The van der Waals surface area contributed by atoms with Crippen LogP contribution in [0.15, 0.2) is 27.7 Å². The van der Waals surface area contributed by atoms with Crippen molar-refractivity contribution in [2.45, 2.75) is 44.7 Å². The van der Waals surface area contributed by atoms with Crippen molar-refractivity contribution in [3.63, 3.8) is 0 Å². The van der Waals surface area contributed by atoms with Crippen molar-refractivity contribution < 1.29 is 4.42 Å². The largest absolute Gasteiger partial charge is 0.432 e. The van der Waals surface area contributed by atoms with Crippen LogP contribution in [-0.2, 0) is 19.4 Å². The van der Waals surface area contributed by atoms with E-state index in [-0.39, 0.29) is 11.6 Å². The lowest BCUT2D eigenvalue weighted by molar-refractivity contribution is 0.455. The Morgan fingerprint density at radius 2 is 2.29 bits per heavy atom. The number of fused-ring (bicyclic) bond motifs is 1. The van der Waals surface area contributed by atoms with Gasteiger partial charge in [0.2, 0.25) is 0 Å². The lowest BCUT2D eigenvalue weighted by Gasteiger charge is -2.23. The van der Waals surface area contributed by atoms with Gasteiger partial charge in [-0.25, -0.2) is 9.67 Å². The smallest absolute Gasteiger partial charge is 0.297 e. The molecule has 0 spiro atoms. The van der Waals surface area contributed by atoms with Crippen LogP contribution in [0.4, 0.5) is 6.01 Å². The normalized spacial score (nSPS) is 21.0. The van der Waals surface area contributed by atoms with E-state index in [0.29, 0.717) is 12.6 Å². The van der Waals surface area contributed by atoms with Crippen molar-refractivity contribution in [1.29, 1.82) is 0 Å². The predicted molar refractivity (Wildman–Crippen MR) is 77.4 cm³/mol. The molecule has 4 rings (SSSR count). The second kappa shape index (κ2) is 5.02. The summed E-state index contributed by atoms with van der Waals surface area (Å²) in [4.78, 5) is 18.6. The minimum absolute atomic E-state index is 0.00917. The van der Waals surface area contributed by atoms with E-state index >= 15 is 0 Å². The van der Waals surface area contributed by atoms with Crippen molar-refractivity contribution in [2.75, 3.05) is 11.4 Å². The van der Waals surface area contributed by atoms with E-state index < -0.39 is 0 Å². The topological polar surface area (TPSA) is 64.2 Å². The molecule has 2 aromatic rings. The number of nitrogens with zero attached hydrogens (tertiary/aromatic N) is 4. The Kier molecular flexibility index (Phi) is 3.02. The second-order valence-corrected chi connectivity index (χ2v) is 5.79. The zero-order chi connectivity index (χ0) is 14.2. The van der Waals surface area contributed by atoms with Crippen LogP contribution < -0.4 is 10.5 Å². The van der Waals surface area contributed by atoms with Crippen molar-refractivity contribution >= 4 is 6.01 Å². The van der Waals surface area contributed by atoms with Crippen LogP contribution >= 0.6 is 0 Å². The maximum absolute atomic E-state index is 12.2. The first-order valence-electron chi connectivity index (χ1n) is 7.57. The highest BCUT2D eigenvalue weighted by atomic mass is 16.4. The summed E-state index contributed by atoms with van der Waals surface area (Å²) in [6.45, 7) is 1.53. The molecule has 1 aliphatic heterocycles. The van der Waals surface area contributed by atoms with Gasteiger partial charge in [0.15, 0.2) is 0 Å². The van der Waals surface area contributed by atoms with E-state index in [1.165, 1.54) is 0 Å².